The highest BCUT2D eigenvalue weighted by atomic mass is 16.2. The average molecular weight is 182 g/mol. The molecular formula is C9H14N2O2. The molecule has 1 aliphatic heterocycles. The Bertz CT molecular complexity index is 271. The van der Waals surface area contributed by atoms with E-state index in [0.717, 1.165) is 0 Å². The highest BCUT2D eigenvalue weighted by molar-refractivity contribution is 5.95. The van der Waals surface area contributed by atoms with E-state index in [1.807, 2.05) is 13.8 Å². The first kappa shape index (κ1) is 9.77. The van der Waals surface area contributed by atoms with Crippen LogP contribution in [-0.4, -0.2) is 33.8 Å². The Morgan fingerprint density at radius 1 is 1.62 bits per heavy atom. The molecule has 0 unspecified atom stereocenters. The van der Waals surface area contributed by atoms with Gasteiger partial charge < -0.3 is 0 Å². The number of hydrogen-bond donors (Lipinski definition) is 0. The maximum atomic E-state index is 11.6. The standard InChI is InChI=1S/C9H14N2O2/c1-5-11-8(13)10(7(2)12)6-9(11,3)4/h5H,1,6H2,2-4H3. The largest absolute Gasteiger partial charge is 0.331 e. The second-order valence-corrected chi connectivity index (χ2v) is 3.75. The molecule has 0 aromatic carbocycles. The zero-order valence-corrected chi connectivity index (χ0v) is 8.20. The van der Waals surface area contributed by atoms with E-state index in [1.165, 1.54) is 22.9 Å². The Kier molecular flexibility index (Phi) is 2.15. The van der Waals surface area contributed by atoms with Gasteiger partial charge in [-0.05, 0) is 13.8 Å². The molecule has 13 heavy (non-hydrogen) atoms. The number of imide groups is 1. The molecule has 3 amide bonds. The van der Waals surface area contributed by atoms with Crippen molar-refractivity contribution >= 4 is 11.9 Å². The fourth-order valence-electron chi connectivity index (χ4n) is 1.49. The van der Waals surface area contributed by atoms with Gasteiger partial charge in [0.25, 0.3) is 0 Å². The van der Waals surface area contributed by atoms with E-state index in [1.54, 1.807) is 0 Å². The van der Waals surface area contributed by atoms with Crippen LogP contribution in [0.2, 0.25) is 0 Å². The SMILES string of the molecule is C=CN1C(=O)N(C(C)=O)CC1(C)C. The van der Waals surface area contributed by atoms with Crippen LogP contribution in [0.15, 0.2) is 12.8 Å². The molecule has 4 heteroatoms. The molecule has 0 radical (unpaired) electrons. The first-order valence-corrected chi connectivity index (χ1v) is 4.14. The van der Waals surface area contributed by atoms with Crippen molar-refractivity contribution in [1.29, 1.82) is 0 Å². The van der Waals surface area contributed by atoms with Gasteiger partial charge in [-0.25, -0.2) is 4.79 Å². The molecule has 4 nitrogen and oxygen atoms in total. The molecule has 1 rings (SSSR count). The van der Waals surface area contributed by atoms with Gasteiger partial charge in [-0.1, -0.05) is 6.58 Å². The van der Waals surface area contributed by atoms with Gasteiger partial charge in [0.1, 0.15) is 0 Å². The van der Waals surface area contributed by atoms with Gasteiger partial charge in [-0.15, -0.1) is 0 Å². The van der Waals surface area contributed by atoms with Crippen molar-refractivity contribution in [2.45, 2.75) is 26.3 Å². The van der Waals surface area contributed by atoms with Crippen molar-refractivity contribution in [2.24, 2.45) is 0 Å². The lowest BCUT2D eigenvalue weighted by atomic mass is 10.1. The molecule has 1 saturated heterocycles. The third-order valence-electron chi connectivity index (χ3n) is 2.20. The van der Waals surface area contributed by atoms with E-state index in [4.69, 9.17) is 0 Å². The van der Waals surface area contributed by atoms with Crippen molar-refractivity contribution in [3.05, 3.63) is 12.8 Å². The summed E-state index contributed by atoms with van der Waals surface area (Å²) in [6.07, 6.45) is 1.46. The van der Waals surface area contributed by atoms with Gasteiger partial charge in [-0.3, -0.25) is 14.6 Å². The number of amides is 3. The molecule has 0 aromatic rings. The van der Waals surface area contributed by atoms with Crippen LogP contribution in [0, 0.1) is 0 Å². The van der Waals surface area contributed by atoms with Crippen molar-refractivity contribution in [1.82, 2.24) is 9.80 Å². The smallest absolute Gasteiger partial charge is 0.294 e. The number of rotatable bonds is 1. The van der Waals surface area contributed by atoms with Crippen LogP contribution in [0.5, 0.6) is 0 Å². The number of carbonyl (C=O) groups excluding carboxylic acids is 2. The van der Waals surface area contributed by atoms with E-state index < -0.39 is 0 Å². The molecule has 0 bridgehead atoms. The molecule has 0 aromatic heterocycles. The molecule has 0 saturated carbocycles. The molecule has 0 spiro atoms. The van der Waals surface area contributed by atoms with E-state index in [-0.39, 0.29) is 17.5 Å². The Labute approximate surface area is 77.8 Å². The number of carbonyl (C=O) groups is 2. The molecule has 0 N–H and O–H groups in total. The van der Waals surface area contributed by atoms with Gasteiger partial charge >= 0.3 is 6.03 Å². The van der Waals surface area contributed by atoms with Crippen LogP contribution in [0.1, 0.15) is 20.8 Å². The first-order valence-electron chi connectivity index (χ1n) is 4.14. The second kappa shape index (κ2) is 2.87. The fraction of sp³-hybridized carbons (Fsp3) is 0.556. The van der Waals surface area contributed by atoms with Crippen molar-refractivity contribution < 1.29 is 9.59 Å². The third-order valence-corrected chi connectivity index (χ3v) is 2.20. The lowest BCUT2D eigenvalue weighted by Gasteiger charge is -2.25. The van der Waals surface area contributed by atoms with E-state index in [2.05, 4.69) is 6.58 Å². The van der Waals surface area contributed by atoms with Gasteiger partial charge in [0.05, 0.1) is 12.1 Å². The zero-order chi connectivity index (χ0) is 10.2. The topological polar surface area (TPSA) is 40.6 Å². The summed E-state index contributed by atoms with van der Waals surface area (Å²) in [5.41, 5.74) is -0.343. The van der Waals surface area contributed by atoms with Gasteiger partial charge in [-0.2, -0.15) is 0 Å². The predicted molar refractivity (Wildman–Crippen MR) is 48.9 cm³/mol. The van der Waals surface area contributed by atoms with Gasteiger partial charge in [0.15, 0.2) is 0 Å². The second-order valence-electron chi connectivity index (χ2n) is 3.75. The minimum absolute atomic E-state index is 0.220. The summed E-state index contributed by atoms with van der Waals surface area (Å²) in [5, 5.41) is 0. The summed E-state index contributed by atoms with van der Waals surface area (Å²) in [4.78, 5) is 25.3. The Morgan fingerprint density at radius 2 is 2.15 bits per heavy atom. The highest BCUT2D eigenvalue weighted by Gasteiger charge is 2.43. The Morgan fingerprint density at radius 3 is 2.38 bits per heavy atom. The van der Waals surface area contributed by atoms with E-state index in [0.29, 0.717) is 6.54 Å². The summed E-state index contributed by atoms with van der Waals surface area (Å²) in [5.74, 6) is -0.220. The van der Waals surface area contributed by atoms with Crippen LogP contribution in [0.3, 0.4) is 0 Å². The molecule has 1 aliphatic rings. The van der Waals surface area contributed by atoms with Crippen molar-refractivity contribution in [2.75, 3.05) is 6.54 Å². The highest BCUT2D eigenvalue weighted by Crippen LogP contribution is 2.25. The molecule has 72 valence electrons. The molecule has 0 atom stereocenters. The quantitative estimate of drug-likeness (QED) is 0.611. The monoisotopic (exact) mass is 182 g/mol. The number of nitrogens with zero attached hydrogens (tertiary/aromatic N) is 2. The summed E-state index contributed by atoms with van der Waals surface area (Å²) >= 11 is 0. The molecule has 1 fully saturated rings. The van der Waals surface area contributed by atoms with Crippen LogP contribution >= 0.6 is 0 Å². The van der Waals surface area contributed by atoms with E-state index >= 15 is 0 Å². The van der Waals surface area contributed by atoms with Crippen molar-refractivity contribution in [3.63, 3.8) is 0 Å². The molecule has 1 heterocycles. The summed E-state index contributed by atoms with van der Waals surface area (Å²) in [6.45, 7) is 9.16. The lowest BCUT2D eigenvalue weighted by Crippen LogP contribution is -2.37. The van der Waals surface area contributed by atoms with Crippen LogP contribution in [0.25, 0.3) is 0 Å². The summed E-state index contributed by atoms with van der Waals surface area (Å²) < 4.78 is 0. The Balaban J connectivity index is 2.97. The summed E-state index contributed by atoms with van der Waals surface area (Å²) in [6, 6.07) is -0.285. The molecular weight excluding hydrogens is 168 g/mol. The maximum Gasteiger partial charge on any atom is 0.331 e. The minimum Gasteiger partial charge on any atom is -0.294 e. The minimum atomic E-state index is -0.343. The van der Waals surface area contributed by atoms with Gasteiger partial charge in [0, 0.05) is 13.1 Å². The number of urea groups is 1. The van der Waals surface area contributed by atoms with Crippen LogP contribution in [0.4, 0.5) is 4.79 Å². The predicted octanol–water partition coefficient (Wildman–Crippen LogP) is 1.19. The van der Waals surface area contributed by atoms with Crippen molar-refractivity contribution in [3.8, 4) is 0 Å². The summed E-state index contributed by atoms with van der Waals surface area (Å²) in [7, 11) is 0. The fourth-order valence-corrected chi connectivity index (χ4v) is 1.49. The van der Waals surface area contributed by atoms with Crippen LogP contribution < -0.4 is 0 Å². The van der Waals surface area contributed by atoms with Crippen LogP contribution in [-0.2, 0) is 4.79 Å². The van der Waals surface area contributed by atoms with E-state index in [9.17, 15) is 9.59 Å². The normalized spacial score (nSPS) is 20.7. The average Bonchev–Trinajstić information content (AvgIpc) is 2.22. The lowest BCUT2D eigenvalue weighted by molar-refractivity contribution is -0.125. The zero-order valence-electron chi connectivity index (χ0n) is 8.20. The van der Waals surface area contributed by atoms with Gasteiger partial charge in [0.2, 0.25) is 5.91 Å². The molecule has 0 aliphatic carbocycles. The maximum absolute atomic E-state index is 11.6. The number of hydrogen-bond acceptors (Lipinski definition) is 2. The first-order chi connectivity index (χ1) is 5.90. The third kappa shape index (κ3) is 1.43. The Hall–Kier alpha value is -1.32.